The van der Waals surface area contributed by atoms with Gasteiger partial charge in [0.15, 0.2) is 0 Å². The summed E-state index contributed by atoms with van der Waals surface area (Å²) in [5.41, 5.74) is 3.76. The monoisotopic (exact) mass is 285 g/mol. The van der Waals surface area contributed by atoms with Gasteiger partial charge in [-0.15, -0.1) is 0 Å². The van der Waals surface area contributed by atoms with E-state index in [0.29, 0.717) is 12.0 Å². The number of para-hydroxylation sites is 1. The van der Waals surface area contributed by atoms with Gasteiger partial charge in [0.2, 0.25) is 0 Å². The number of hydrogen-bond acceptors (Lipinski definition) is 2. The van der Waals surface area contributed by atoms with Crippen molar-refractivity contribution in [3.05, 3.63) is 64.7 Å². The summed E-state index contributed by atoms with van der Waals surface area (Å²) in [5.74, 6) is 0.492. The lowest BCUT2D eigenvalue weighted by molar-refractivity contribution is 0.0829. The number of fused-ring (bicyclic) bond motifs is 3. The van der Waals surface area contributed by atoms with Crippen molar-refractivity contribution in [1.82, 2.24) is 0 Å². The van der Waals surface area contributed by atoms with Crippen LogP contribution in [-0.4, -0.2) is 6.61 Å². The topological polar surface area (TPSA) is 21.3 Å². The molecular formula is C17H16ClNO. The van der Waals surface area contributed by atoms with Crippen molar-refractivity contribution in [2.24, 2.45) is 5.92 Å². The van der Waals surface area contributed by atoms with E-state index >= 15 is 0 Å². The molecule has 1 N–H and O–H groups in total. The Morgan fingerprint density at radius 3 is 2.70 bits per heavy atom. The Labute approximate surface area is 123 Å². The zero-order chi connectivity index (χ0) is 13.5. The van der Waals surface area contributed by atoms with Crippen LogP contribution in [0.15, 0.2) is 48.5 Å². The molecule has 2 aromatic rings. The van der Waals surface area contributed by atoms with Gasteiger partial charge in [0, 0.05) is 28.8 Å². The molecule has 0 spiro atoms. The average Bonchev–Trinajstić information content (AvgIpc) is 2.97. The molecule has 0 unspecified atom stereocenters. The van der Waals surface area contributed by atoms with Crippen molar-refractivity contribution in [2.45, 2.75) is 18.6 Å². The highest BCUT2D eigenvalue weighted by molar-refractivity contribution is 6.30. The molecule has 4 rings (SSSR count). The maximum atomic E-state index is 6.00. The molecule has 2 heterocycles. The summed E-state index contributed by atoms with van der Waals surface area (Å²) >= 11 is 6.00. The van der Waals surface area contributed by atoms with Gasteiger partial charge in [-0.3, -0.25) is 0 Å². The molecule has 0 aliphatic carbocycles. The molecule has 0 aromatic heterocycles. The second-order valence-corrected chi connectivity index (χ2v) is 5.94. The molecule has 1 fully saturated rings. The third kappa shape index (κ3) is 1.91. The molecule has 2 aliphatic heterocycles. The third-order valence-electron chi connectivity index (χ3n) is 4.37. The first-order valence-corrected chi connectivity index (χ1v) is 7.43. The van der Waals surface area contributed by atoms with E-state index in [1.165, 1.54) is 16.8 Å². The largest absolute Gasteiger partial charge is 0.378 e. The minimum atomic E-state index is 0.216. The Kier molecular flexibility index (Phi) is 2.94. The van der Waals surface area contributed by atoms with Crippen molar-refractivity contribution >= 4 is 17.3 Å². The van der Waals surface area contributed by atoms with Crippen molar-refractivity contribution < 1.29 is 4.74 Å². The zero-order valence-electron chi connectivity index (χ0n) is 11.1. The Balaban J connectivity index is 1.76. The van der Waals surface area contributed by atoms with Gasteiger partial charge in [-0.25, -0.2) is 0 Å². The van der Waals surface area contributed by atoms with Gasteiger partial charge in [0.1, 0.15) is 0 Å². The predicted octanol–water partition coefficient (Wildman–Crippen LogP) is 4.58. The van der Waals surface area contributed by atoms with Crippen LogP contribution in [0.3, 0.4) is 0 Å². The maximum absolute atomic E-state index is 6.00. The summed E-state index contributed by atoms with van der Waals surface area (Å²) < 4.78 is 5.99. The molecule has 2 nitrogen and oxygen atoms in total. The van der Waals surface area contributed by atoms with Gasteiger partial charge in [0.05, 0.1) is 12.1 Å². The predicted molar refractivity (Wildman–Crippen MR) is 81.1 cm³/mol. The van der Waals surface area contributed by atoms with Gasteiger partial charge in [-0.05, 0) is 30.2 Å². The lowest BCUT2D eigenvalue weighted by Crippen LogP contribution is -2.29. The van der Waals surface area contributed by atoms with E-state index in [1.54, 1.807) is 0 Å². The Bertz CT molecular complexity index is 625. The molecule has 2 aliphatic rings. The molecule has 3 atom stereocenters. The molecule has 0 amide bonds. The van der Waals surface area contributed by atoms with Crippen LogP contribution in [0.4, 0.5) is 5.69 Å². The Morgan fingerprint density at radius 1 is 1.05 bits per heavy atom. The lowest BCUT2D eigenvalue weighted by atomic mass is 9.81. The van der Waals surface area contributed by atoms with Crippen LogP contribution in [-0.2, 0) is 4.74 Å². The van der Waals surface area contributed by atoms with Gasteiger partial charge in [-0.1, -0.05) is 41.9 Å². The standard InChI is InChI=1S/C17H16ClNO/c18-12-7-5-11(6-8-12)16-14-9-10-20-17(14)13-3-1-2-4-15(13)19-16/h1-8,14,16-17,19H,9-10H2/t14-,16-,17+/m1/s1. The smallest absolute Gasteiger partial charge is 0.0896 e. The number of anilines is 1. The first-order valence-electron chi connectivity index (χ1n) is 7.05. The van der Waals surface area contributed by atoms with E-state index < -0.39 is 0 Å². The second-order valence-electron chi connectivity index (χ2n) is 5.50. The molecule has 102 valence electrons. The fourth-order valence-electron chi connectivity index (χ4n) is 3.42. The quantitative estimate of drug-likeness (QED) is 0.828. The summed E-state index contributed by atoms with van der Waals surface area (Å²) in [5, 5.41) is 4.46. The fourth-order valence-corrected chi connectivity index (χ4v) is 3.55. The highest BCUT2D eigenvalue weighted by Crippen LogP contribution is 2.49. The maximum Gasteiger partial charge on any atom is 0.0896 e. The highest BCUT2D eigenvalue weighted by Gasteiger charge is 2.41. The molecule has 0 bridgehead atoms. The van der Waals surface area contributed by atoms with Gasteiger partial charge >= 0.3 is 0 Å². The zero-order valence-corrected chi connectivity index (χ0v) is 11.8. The van der Waals surface area contributed by atoms with Crippen LogP contribution in [0.2, 0.25) is 5.02 Å². The molecule has 2 aromatic carbocycles. The first-order chi connectivity index (χ1) is 9.83. The third-order valence-corrected chi connectivity index (χ3v) is 4.63. The summed E-state index contributed by atoms with van der Waals surface area (Å²) in [6.45, 7) is 0.843. The van der Waals surface area contributed by atoms with Crippen LogP contribution in [0.25, 0.3) is 0 Å². The van der Waals surface area contributed by atoms with E-state index in [1.807, 2.05) is 12.1 Å². The molecule has 1 saturated heterocycles. The van der Waals surface area contributed by atoms with E-state index in [-0.39, 0.29) is 6.10 Å². The van der Waals surface area contributed by atoms with Crippen molar-refractivity contribution in [3.63, 3.8) is 0 Å². The number of nitrogens with one attached hydrogen (secondary N) is 1. The number of ether oxygens (including phenoxy) is 1. The van der Waals surface area contributed by atoms with E-state index in [4.69, 9.17) is 16.3 Å². The summed E-state index contributed by atoms with van der Waals surface area (Å²) in [4.78, 5) is 0. The number of benzene rings is 2. The van der Waals surface area contributed by atoms with Crippen LogP contribution >= 0.6 is 11.6 Å². The molecule has 0 saturated carbocycles. The van der Waals surface area contributed by atoms with E-state index in [9.17, 15) is 0 Å². The van der Waals surface area contributed by atoms with Gasteiger partial charge in [-0.2, -0.15) is 0 Å². The molecule has 20 heavy (non-hydrogen) atoms. The number of hydrogen-bond donors (Lipinski definition) is 1. The van der Waals surface area contributed by atoms with Crippen LogP contribution in [0.5, 0.6) is 0 Å². The van der Waals surface area contributed by atoms with E-state index in [0.717, 1.165) is 18.1 Å². The summed E-state index contributed by atoms with van der Waals surface area (Å²) in [6.07, 6.45) is 1.31. The fraction of sp³-hybridized carbons (Fsp3) is 0.294. The minimum Gasteiger partial charge on any atom is -0.378 e. The summed E-state index contributed by atoms with van der Waals surface area (Å²) in [6, 6.07) is 16.9. The second kappa shape index (κ2) is 4.80. The van der Waals surface area contributed by atoms with Crippen LogP contribution < -0.4 is 5.32 Å². The van der Waals surface area contributed by atoms with Crippen molar-refractivity contribution in [2.75, 3.05) is 11.9 Å². The Hall–Kier alpha value is -1.51. The van der Waals surface area contributed by atoms with Crippen molar-refractivity contribution in [1.29, 1.82) is 0 Å². The lowest BCUT2D eigenvalue weighted by Gasteiger charge is -2.36. The minimum absolute atomic E-state index is 0.216. The number of halogens is 1. The Morgan fingerprint density at radius 2 is 1.85 bits per heavy atom. The molecule has 0 radical (unpaired) electrons. The van der Waals surface area contributed by atoms with Crippen LogP contribution in [0.1, 0.15) is 29.7 Å². The van der Waals surface area contributed by atoms with Gasteiger partial charge < -0.3 is 10.1 Å². The molecular weight excluding hydrogens is 270 g/mol. The average molecular weight is 286 g/mol. The van der Waals surface area contributed by atoms with Crippen molar-refractivity contribution in [3.8, 4) is 0 Å². The van der Waals surface area contributed by atoms with E-state index in [2.05, 4.69) is 41.7 Å². The van der Waals surface area contributed by atoms with Crippen LogP contribution in [0, 0.1) is 5.92 Å². The summed E-state index contributed by atoms with van der Waals surface area (Å²) in [7, 11) is 0. The molecule has 3 heteroatoms. The number of rotatable bonds is 1. The van der Waals surface area contributed by atoms with Gasteiger partial charge in [0.25, 0.3) is 0 Å². The normalized spacial score (nSPS) is 27.6. The SMILES string of the molecule is Clc1ccc([C@H]2Nc3ccccc3[C@@H]3OCC[C@H]23)cc1. The highest BCUT2D eigenvalue weighted by atomic mass is 35.5. The first kappa shape index (κ1) is 12.2.